The Kier molecular flexibility index (Phi) is 0.953. The maximum atomic E-state index is 8.18. The van der Waals surface area contributed by atoms with Gasteiger partial charge in [0.05, 0.1) is 6.07 Å². The largest absolute Gasteiger partial charge is 0.197 e. The Morgan fingerprint density at radius 1 is 1.29 bits per heavy atom. The molecule has 1 rings (SSSR count). The number of hydrogen-bond acceptors (Lipinski definition) is 1. The zero-order chi connectivity index (χ0) is 5.11. The van der Waals surface area contributed by atoms with Gasteiger partial charge in [-0.2, -0.15) is 5.26 Å². The van der Waals surface area contributed by atoms with Crippen LogP contribution in [0.2, 0.25) is 0 Å². The number of rotatable bonds is 0. The summed E-state index contributed by atoms with van der Waals surface area (Å²) >= 11 is 0. The van der Waals surface area contributed by atoms with E-state index in [1.54, 1.807) is 12.2 Å². The second kappa shape index (κ2) is 1.61. The predicted octanol–water partition coefficient (Wildman–Crippen LogP) is 1.21. The van der Waals surface area contributed by atoms with Gasteiger partial charge in [-0.15, -0.1) is 0 Å². The first-order valence-corrected chi connectivity index (χ1v) is 2.05. The van der Waals surface area contributed by atoms with Crippen molar-refractivity contribution in [2.45, 2.75) is 0 Å². The van der Waals surface area contributed by atoms with E-state index < -0.39 is 0 Å². The Morgan fingerprint density at radius 3 is 2.14 bits per heavy atom. The lowest BCUT2D eigenvalue weighted by Crippen LogP contribution is -1.73. The summed E-state index contributed by atoms with van der Waals surface area (Å²) < 4.78 is 0. The molecule has 0 spiro atoms. The Bertz CT molecular complexity index is 136. The molecule has 0 aliphatic heterocycles. The average molecular weight is 90.1 g/mol. The Hall–Kier alpha value is -1.03. The van der Waals surface area contributed by atoms with Crippen LogP contribution in [0.4, 0.5) is 0 Å². The van der Waals surface area contributed by atoms with Crippen LogP contribution in [0.25, 0.3) is 0 Å². The standard InChI is InChI=1S/C6H4N/c7-5-6-3-1-2-4-6/h1-4H. The lowest BCUT2D eigenvalue weighted by atomic mass is 10.2. The summed E-state index contributed by atoms with van der Waals surface area (Å²) in [5.41, 5.74) is 0. The molecule has 1 aliphatic rings. The third kappa shape index (κ3) is 0.690. The summed E-state index contributed by atoms with van der Waals surface area (Å²) in [6.07, 6.45) is 7.25. The van der Waals surface area contributed by atoms with E-state index in [0.717, 1.165) is 5.92 Å². The second-order valence-electron chi connectivity index (χ2n) is 1.29. The molecule has 0 aromatic heterocycles. The molecule has 1 aliphatic carbocycles. The number of hydrogen-bond donors (Lipinski definition) is 0. The van der Waals surface area contributed by atoms with Crippen LogP contribution in [0, 0.1) is 17.2 Å². The van der Waals surface area contributed by atoms with Gasteiger partial charge in [-0.1, -0.05) is 24.3 Å². The van der Waals surface area contributed by atoms with Gasteiger partial charge >= 0.3 is 0 Å². The van der Waals surface area contributed by atoms with Crippen molar-refractivity contribution < 1.29 is 0 Å². The first kappa shape index (κ1) is 4.14. The van der Waals surface area contributed by atoms with Crippen molar-refractivity contribution in [3.05, 3.63) is 30.2 Å². The first-order chi connectivity index (χ1) is 3.43. The SMILES string of the molecule is N#C[C]1C=CC=C1. The quantitative estimate of drug-likeness (QED) is 0.438. The summed E-state index contributed by atoms with van der Waals surface area (Å²) in [5, 5.41) is 8.18. The van der Waals surface area contributed by atoms with Crippen LogP contribution in [0.1, 0.15) is 0 Å². The van der Waals surface area contributed by atoms with E-state index in [1.807, 2.05) is 18.2 Å². The summed E-state index contributed by atoms with van der Waals surface area (Å²) in [4.78, 5) is 0. The van der Waals surface area contributed by atoms with Gasteiger partial charge in [0, 0.05) is 0 Å². The lowest BCUT2D eigenvalue weighted by Gasteiger charge is -1.78. The van der Waals surface area contributed by atoms with Crippen LogP contribution in [-0.2, 0) is 0 Å². The van der Waals surface area contributed by atoms with E-state index in [0.29, 0.717) is 0 Å². The molecule has 0 saturated heterocycles. The Balaban J connectivity index is 2.65. The molecule has 7 heavy (non-hydrogen) atoms. The average Bonchev–Trinajstić information content (AvgIpc) is 2.14. The van der Waals surface area contributed by atoms with Gasteiger partial charge in [0.25, 0.3) is 0 Å². The normalized spacial score (nSPS) is 17.6. The highest BCUT2D eigenvalue weighted by molar-refractivity contribution is 5.42. The highest BCUT2D eigenvalue weighted by Crippen LogP contribution is 2.07. The van der Waals surface area contributed by atoms with E-state index in [1.165, 1.54) is 0 Å². The number of allylic oxidation sites excluding steroid dienone is 4. The predicted molar refractivity (Wildman–Crippen MR) is 27.1 cm³/mol. The van der Waals surface area contributed by atoms with Crippen molar-refractivity contribution in [3.8, 4) is 6.07 Å². The lowest BCUT2D eigenvalue weighted by molar-refractivity contribution is 1.43. The second-order valence-corrected chi connectivity index (χ2v) is 1.29. The minimum absolute atomic E-state index is 0.736. The van der Waals surface area contributed by atoms with Crippen molar-refractivity contribution in [3.63, 3.8) is 0 Å². The van der Waals surface area contributed by atoms with Crippen LogP contribution < -0.4 is 0 Å². The molecule has 0 heterocycles. The van der Waals surface area contributed by atoms with Gasteiger partial charge < -0.3 is 0 Å². The fourth-order valence-corrected chi connectivity index (χ4v) is 0.449. The highest BCUT2D eigenvalue weighted by atomic mass is 14.3. The Labute approximate surface area is 42.6 Å². The first-order valence-electron chi connectivity index (χ1n) is 2.05. The minimum Gasteiger partial charge on any atom is -0.197 e. The van der Waals surface area contributed by atoms with Gasteiger partial charge in [-0.05, 0) is 0 Å². The summed E-state index contributed by atoms with van der Waals surface area (Å²) in [6, 6.07) is 2.01. The van der Waals surface area contributed by atoms with Crippen molar-refractivity contribution in [2.75, 3.05) is 0 Å². The van der Waals surface area contributed by atoms with Gasteiger partial charge in [0.1, 0.15) is 5.92 Å². The fraction of sp³-hybridized carbons (Fsp3) is 0. The molecule has 0 N–H and O–H groups in total. The van der Waals surface area contributed by atoms with E-state index >= 15 is 0 Å². The van der Waals surface area contributed by atoms with E-state index in [-0.39, 0.29) is 0 Å². The van der Waals surface area contributed by atoms with Crippen LogP contribution in [0.5, 0.6) is 0 Å². The molecule has 1 radical (unpaired) electrons. The molecule has 0 aromatic carbocycles. The molecule has 1 nitrogen and oxygen atoms in total. The molecule has 0 fully saturated rings. The molecule has 0 amide bonds. The fourth-order valence-electron chi connectivity index (χ4n) is 0.449. The van der Waals surface area contributed by atoms with E-state index in [9.17, 15) is 0 Å². The van der Waals surface area contributed by atoms with Crippen LogP contribution >= 0.6 is 0 Å². The molecule has 0 saturated carbocycles. The van der Waals surface area contributed by atoms with Gasteiger partial charge in [-0.3, -0.25) is 0 Å². The summed E-state index contributed by atoms with van der Waals surface area (Å²) in [5.74, 6) is 0.736. The third-order valence-electron chi connectivity index (χ3n) is 0.792. The van der Waals surface area contributed by atoms with Gasteiger partial charge in [-0.25, -0.2) is 0 Å². The monoisotopic (exact) mass is 90.0 g/mol. The highest BCUT2D eigenvalue weighted by Gasteiger charge is 1.98. The molecule has 0 bridgehead atoms. The van der Waals surface area contributed by atoms with E-state index in [4.69, 9.17) is 5.26 Å². The van der Waals surface area contributed by atoms with Gasteiger partial charge in [0.2, 0.25) is 0 Å². The molecule has 1 heteroatoms. The van der Waals surface area contributed by atoms with Crippen LogP contribution in [-0.4, -0.2) is 0 Å². The maximum Gasteiger partial charge on any atom is 0.120 e. The van der Waals surface area contributed by atoms with Crippen LogP contribution in [0.15, 0.2) is 24.3 Å². The third-order valence-corrected chi connectivity index (χ3v) is 0.792. The molecular weight excluding hydrogens is 86.1 g/mol. The van der Waals surface area contributed by atoms with Gasteiger partial charge in [0.15, 0.2) is 0 Å². The summed E-state index contributed by atoms with van der Waals surface area (Å²) in [7, 11) is 0. The van der Waals surface area contributed by atoms with Crippen molar-refractivity contribution in [2.24, 2.45) is 0 Å². The topological polar surface area (TPSA) is 23.8 Å². The van der Waals surface area contributed by atoms with E-state index in [2.05, 4.69) is 0 Å². The number of nitrogens with zero attached hydrogens (tertiary/aromatic N) is 1. The molecule has 33 valence electrons. The minimum atomic E-state index is 0.736. The Morgan fingerprint density at radius 2 is 1.86 bits per heavy atom. The smallest absolute Gasteiger partial charge is 0.120 e. The molecule has 0 aromatic rings. The zero-order valence-electron chi connectivity index (χ0n) is 3.76. The molecular formula is C6H4N. The molecule has 0 unspecified atom stereocenters. The van der Waals surface area contributed by atoms with Crippen molar-refractivity contribution >= 4 is 0 Å². The van der Waals surface area contributed by atoms with Crippen molar-refractivity contribution in [1.29, 1.82) is 5.26 Å². The molecule has 0 atom stereocenters. The van der Waals surface area contributed by atoms with Crippen LogP contribution in [0.3, 0.4) is 0 Å². The summed E-state index contributed by atoms with van der Waals surface area (Å²) in [6.45, 7) is 0. The maximum absolute atomic E-state index is 8.18. The number of nitriles is 1. The van der Waals surface area contributed by atoms with Crippen molar-refractivity contribution in [1.82, 2.24) is 0 Å². The zero-order valence-corrected chi connectivity index (χ0v) is 3.76.